The third kappa shape index (κ3) is 5.94. The van der Waals surface area contributed by atoms with E-state index < -0.39 is 23.9 Å². The number of urea groups is 1. The van der Waals surface area contributed by atoms with Crippen molar-refractivity contribution in [1.82, 2.24) is 10.6 Å². The van der Waals surface area contributed by atoms with Crippen LogP contribution >= 0.6 is 0 Å². The zero-order valence-electron chi connectivity index (χ0n) is 11.8. The Bertz CT molecular complexity index is 531. The molecule has 0 aromatic heterocycles. The van der Waals surface area contributed by atoms with Crippen LogP contribution in [0.3, 0.4) is 0 Å². The highest BCUT2D eigenvalue weighted by Crippen LogP contribution is 2.06. The Hall–Kier alpha value is -2.57. The van der Waals surface area contributed by atoms with Gasteiger partial charge >= 0.3 is 12.0 Å². The molecule has 1 aromatic carbocycles. The van der Waals surface area contributed by atoms with E-state index in [9.17, 15) is 14.4 Å². The maximum atomic E-state index is 11.7. The number of hydrogen-bond donors (Lipinski definition) is 4. The number of primary amides is 1. The zero-order chi connectivity index (χ0) is 15.8. The lowest BCUT2D eigenvalue weighted by atomic mass is 10.1. The Balaban J connectivity index is 2.49. The highest BCUT2D eigenvalue weighted by atomic mass is 16.4. The average molecular weight is 293 g/mol. The number of aliphatic carboxylic acids is 1. The van der Waals surface area contributed by atoms with Crippen molar-refractivity contribution in [2.45, 2.75) is 32.4 Å². The molecule has 7 nitrogen and oxygen atoms in total. The largest absolute Gasteiger partial charge is 0.480 e. The maximum absolute atomic E-state index is 11.7. The van der Waals surface area contributed by atoms with Crippen LogP contribution in [0.15, 0.2) is 24.3 Å². The summed E-state index contributed by atoms with van der Waals surface area (Å²) in [4.78, 5) is 33.3. The van der Waals surface area contributed by atoms with Crippen molar-refractivity contribution in [2.75, 3.05) is 0 Å². The first kappa shape index (κ1) is 16.5. The maximum Gasteiger partial charge on any atom is 0.326 e. The van der Waals surface area contributed by atoms with Crippen LogP contribution in [-0.4, -0.2) is 29.1 Å². The van der Waals surface area contributed by atoms with Crippen molar-refractivity contribution in [2.24, 2.45) is 5.73 Å². The molecule has 0 bridgehead atoms. The Kier molecular flexibility index (Phi) is 6.19. The molecule has 0 spiro atoms. The Morgan fingerprint density at radius 2 is 1.95 bits per heavy atom. The summed E-state index contributed by atoms with van der Waals surface area (Å²) >= 11 is 0. The first-order chi connectivity index (χ1) is 9.90. The standard InChI is InChI=1S/C14H19N3O4/c1-9-4-2-3-5-10(9)8-16-14(21)17-11(13(19)20)6-7-12(15)18/h2-5,11H,6-8H2,1H3,(H2,15,18)(H,19,20)(H2,16,17,21). The van der Waals surface area contributed by atoms with E-state index in [4.69, 9.17) is 10.8 Å². The predicted octanol–water partition coefficient (Wildman–Crippen LogP) is 0.513. The fourth-order valence-corrected chi connectivity index (χ4v) is 1.74. The molecule has 1 atom stereocenters. The molecule has 114 valence electrons. The molecule has 0 saturated carbocycles. The average Bonchev–Trinajstić information content (AvgIpc) is 2.42. The molecular formula is C14H19N3O4. The molecule has 0 fully saturated rings. The van der Waals surface area contributed by atoms with Crippen LogP contribution in [0, 0.1) is 6.92 Å². The minimum Gasteiger partial charge on any atom is -0.480 e. The van der Waals surface area contributed by atoms with E-state index in [0.29, 0.717) is 6.54 Å². The lowest BCUT2D eigenvalue weighted by molar-refractivity contribution is -0.139. The number of carbonyl (C=O) groups excluding carboxylic acids is 2. The third-order valence-electron chi connectivity index (χ3n) is 2.98. The lowest BCUT2D eigenvalue weighted by Gasteiger charge is -2.15. The third-order valence-corrected chi connectivity index (χ3v) is 2.98. The number of carboxylic acid groups (broad SMARTS) is 1. The molecule has 0 heterocycles. The SMILES string of the molecule is Cc1ccccc1CNC(=O)NC(CCC(N)=O)C(=O)O. The van der Waals surface area contributed by atoms with Gasteiger partial charge in [-0.15, -0.1) is 0 Å². The van der Waals surface area contributed by atoms with Gasteiger partial charge in [0.15, 0.2) is 0 Å². The number of nitrogens with two attached hydrogens (primary N) is 1. The van der Waals surface area contributed by atoms with Crippen LogP contribution in [0.2, 0.25) is 0 Å². The minimum atomic E-state index is -1.21. The van der Waals surface area contributed by atoms with E-state index in [0.717, 1.165) is 11.1 Å². The van der Waals surface area contributed by atoms with Gasteiger partial charge in [-0.25, -0.2) is 9.59 Å². The number of amides is 3. The van der Waals surface area contributed by atoms with Gasteiger partial charge in [-0.1, -0.05) is 24.3 Å². The summed E-state index contributed by atoms with van der Waals surface area (Å²) in [6, 6.07) is 5.79. The van der Waals surface area contributed by atoms with Gasteiger partial charge in [0, 0.05) is 13.0 Å². The fourth-order valence-electron chi connectivity index (χ4n) is 1.74. The van der Waals surface area contributed by atoms with Gasteiger partial charge in [0.25, 0.3) is 0 Å². The first-order valence-electron chi connectivity index (χ1n) is 6.50. The number of rotatable bonds is 7. The van der Waals surface area contributed by atoms with Crippen molar-refractivity contribution in [1.29, 1.82) is 0 Å². The van der Waals surface area contributed by atoms with Crippen molar-refractivity contribution >= 4 is 17.9 Å². The highest BCUT2D eigenvalue weighted by Gasteiger charge is 2.20. The van der Waals surface area contributed by atoms with Crippen LogP contribution in [0.25, 0.3) is 0 Å². The number of nitrogens with one attached hydrogen (secondary N) is 2. The van der Waals surface area contributed by atoms with E-state index in [2.05, 4.69) is 10.6 Å². The molecule has 5 N–H and O–H groups in total. The van der Waals surface area contributed by atoms with Gasteiger partial charge < -0.3 is 21.5 Å². The molecule has 1 unspecified atom stereocenters. The topological polar surface area (TPSA) is 122 Å². The molecule has 1 rings (SSSR count). The molecule has 0 aliphatic heterocycles. The summed E-state index contributed by atoms with van der Waals surface area (Å²) in [5.41, 5.74) is 6.93. The second-order valence-corrected chi connectivity index (χ2v) is 4.65. The molecule has 0 aliphatic carbocycles. The molecule has 0 radical (unpaired) electrons. The number of hydrogen-bond acceptors (Lipinski definition) is 3. The summed E-state index contributed by atoms with van der Waals surface area (Å²) in [5.74, 6) is -1.81. The van der Waals surface area contributed by atoms with Crippen molar-refractivity contribution in [3.05, 3.63) is 35.4 Å². The second kappa shape index (κ2) is 7.88. The second-order valence-electron chi connectivity index (χ2n) is 4.65. The predicted molar refractivity (Wildman–Crippen MR) is 76.4 cm³/mol. The quantitative estimate of drug-likeness (QED) is 0.585. The van der Waals surface area contributed by atoms with E-state index >= 15 is 0 Å². The van der Waals surface area contributed by atoms with Gasteiger partial charge in [0.1, 0.15) is 6.04 Å². The summed E-state index contributed by atoms with van der Waals surface area (Å²) in [6.07, 6.45) is -0.141. The van der Waals surface area contributed by atoms with Crippen LogP contribution in [-0.2, 0) is 16.1 Å². The monoisotopic (exact) mass is 293 g/mol. The lowest BCUT2D eigenvalue weighted by Crippen LogP contribution is -2.46. The van der Waals surface area contributed by atoms with Crippen molar-refractivity contribution in [3.8, 4) is 0 Å². The minimum absolute atomic E-state index is 0.0392. The zero-order valence-corrected chi connectivity index (χ0v) is 11.8. The van der Waals surface area contributed by atoms with Crippen LogP contribution in [0.1, 0.15) is 24.0 Å². The number of carboxylic acids is 1. The summed E-state index contributed by atoms with van der Waals surface area (Å²) < 4.78 is 0. The molecule has 21 heavy (non-hydrogen) atoms. The summed E-state index contributed by atoms with van der Waals surface area (Å²) in [7, 11) is 0. The van der Waals surface area contributed by atoms with Gasteiger partial charge in [0.05, 0.1) is 0 Å². The van der Waals surface area contributed by atoms with Crippen LogP contribution in [0.4, 0.5) is 4.79 Å². The molecule has 0 aliphatic rings. The number of carbonyl (C=O) groups is 3. The molecule has 1 aromatic rings. The van der Waals surface area contributed by atoms with Gasteiger partial charge in [-0.2, -0.15) is 0 Å². The van der Waals surface area contributed by atoms with Crippen LogP contribution in [0.5, 0.6) is 0 Å². The fraction of sp³-hybridized carbons (Fsp3) is 0.357. The molecule has 7 heteroatoms. The van der Waals surface area contributed by atoms with Crippen LogP contribution < -0.4 is 16.4 Å². The van der Waals surface area contributed by atoms with Gasteiger partial charge in [-0.3, -0.25) is 4.79 Å². The van der Waals surface area contributed by atoms with Gasteiger partial charge in [0.2, 0.25) is 5.91 Å². The number of aryl methyl sites for hydroxylation is 1. The van der Waals surface area contributed by atoms with Crippen molar-refractivity contribution in [3.63, 3.8) is 0 Å². The smallest absolute Gasteiger partial charge is 0.326 e. The van der Waals surface area contributed by atoms with Crippen molar-refractivity contribution < 1.29 is 19.5 Å². The van der Waals surface area contributed by atoms with E-state index in [1.807, 2.05) is 31.2 Å². The number of benzene rings is 1. The first-order valence-corrected chi connectivity index (χ1v) is 6.50. The summed E-state index contributed by atoms with van der Waals surface area (Å²) in [6.45, 7) is 2.21. The van der Waals surface area contributed by atoms with Gasteiger partial charge in [-0.05, 0) is 24.5 Å². The van der Waals surface area contributed by atoms with E-state index in [1.54, 1.807) is 0 Å². The highest BCUT2D eigenvalue weighted by molar-refractivity contribution is 5.83. The molecule has 0 saturated heterocycles. The normalized spacial score (nSPS) is 11.5. The van der Waals surface area contributed by atoms with E-state index in [-0.39, 0.29) is 12.8 Å². The Labute approximate surface area is 122 Å². The molecule has 3 amide bonds. The molecular weight excluding hydrogens is 274 g/mol. The summed E-state index contributed by atoms with van der Waals surface area (Å²) in [5, 5.41) is 13.9. The Morgan fingerprint density at radius 1 is 1.29 bits per heavy atom. The Morgan fingerprint density at radius 3 is 2.52 bits per heavy atom. The van der Waals surface area contributed by atoms with E-state index in [1.165, 1.54) is 0 Å².